The zero-order chi connectivity index (χ0) is 16.1. The van der Waals surface area contributed by atoms with Crippen molar-refractivity contribution in [3.8, 4) is 11.5 Å². The summed E-state index contributed by atoms with van der Waals surface area (Å²) in [7, 11) is -3.43. The minimum Gasteiger partial charge on any atom is -0.377 e. The second-order valence-corrected chi connectivity index (χ2v) is 7.32. The van der Waals surface area contributed by atoms with E-state index < -0.39 is 10.0 Å². The molecular formula is C15H19N3O4S. The van der Waals surface area contributed by atoms with Crippen molar-refractivity contribution in [2.24, 2.45) is 0 Å². The van der Waals surface area contributed by atoms with E-state index >= 15 is 0 Å². The Bertz CT molecular complexity index is 724. The molecule has 0 radical (unpaired) electrons. The van der Waals surface area contributed by atoms with Gasteiger partial charge < -0.3 is 9.26 Å². The molecule has 1 aromatic heterocycles. The first kappa shape index (κ1) is 16.1. The molecule has 1 fully saturated rings. The number of nitrogens with zero attached hydrogens (tertiary/aromatic N) is 2. The summed E-state index contributed by atoms with van der Waals surface area (Å²) in [6.45, 7) is 0.636. The van der Waals surface area contributed by atoms with Crippen LogP contribution < -0.4 is 4.72 Å². The van der Waals surface area contributed by atoms with Crippen LogP contribution >= 0.6 is 0 Å². The highest BCUT2D eigenvalue weighted by molar-refractivity contribution is 7.89. The first-order chi connectivity index (χ1) is 11.1. The van der Waals surface area contributed by atoms with Crippen molar-refractivity contribution in [1.82, 2.24) is 14.9 Å². The van der Waals surface area contributed by atoms with E-state index in [2.05, 4.69) is 14.9 Å². The van der Waals surface area contributed by atoms with E-state index in [9.17, 15) is 8.42 Å². The van der Waals surface area contributed by atoms with Gasteiger partial charge in [-0.05, 0) is 31.4 Å². The summed E-state index contributed by atoms with van der Waals surface area (Å²) in [5.41, 5.74) is 0.796. The first-order valence-corrected chi connectivity index (χ1v) is 9.24. The van der Waals surface area contributed by atoms with Crippen molar-refractivity contribution in [2.75, 3.05) is 12.4 Å². The molecule has 23 heavy (non-hydrogen) atoms. The Morgan fingerprint density at radius 2 is 2.04 bits per heavy atom. The molecular weight excluding hydrogens is 318 g/mol. The van der Waals surface area contributed by atoms with Gasteiger partial charge in [0.15, 0.2) is 5.82 Å². The Hall–Kier alpha value is -1.77. The maximum absolute atomic E-state index is 12.1. The molecule has 1 saturated heterocycles. The number of benzene rings is 1. The molecule has 7 nitrogen and oxygen atoms in total. The molecule has 0 spiro atoms. The van der Waals surface area contributed by atoms with E-state index in [1.165, 1.54) is 0 Å². The second kappa shape index (κ2) is 7.20. The van der Waals surface area contributed by atoms with Crippen LogP contribution in [-0.2, 0) is 21.3 Å². The van der Waals surface area contributed by atoms with Gasteiger partial charge in [-0.15, -0.1) is 0 Å². The lowest BCUT2D eigenvalue weighted by Gasteiger charge is -2.22. The van der Waals surface area contributed by atoms with Crippen molar-refractivity contribution in [2.45, 2.75) is 31.9 Å². The van der Waals surface area contributed by atoms with Crippen LogP contribution in [0.1, 0.15) is 25.1 Å². The van der Waals surface area contributed by atoms with Gasteiger partial charge in [-0.1, -0.05) is 23.4 Å². The van der Waals surface area contributed by atoms with E-state index in [4.69, 9.17) is 9.26 Å². The number of hydrogen-bond donors (Lipinski definition) is 1. The summed E-state index contributed by atoms with van der Waals surface area (Å²) in [4.78, 5) is 4.19. The standard InChI is InChI=1S/C15H19N3O4S/c19-23(20,11-13-8-4-5-9-21-13)16-10-14-17-15(22-18-14)12-6-2-1-3-7-12/h1-3,6-7,13,16H,4-5,8-11H2. The van der Waals surface area contributed by atoms with Gasteiger partial charge in [0.2, 0.25) is 10.0 Å². The fourth-order valence-electron chi connectivity index (χ4n) is 2.44. The number of nitrogens with one attached hydrogen (secondary N) is 1. The first-order valence-electron chi connectivity index (χ1n) is 7.59. The Balaban J connectivity index is 1.56. The average Bonchev–Trinajstić information content (AvgIpc) is 3.04. The molecule has 124 valence electrons. The second-order valence-electron chi connectivity index (χ2n) is 5.47. The summed E-state index contributed by atoms with van der Waals surface area (Å²) in [5, 5.41) is 3.80. The Labute approximate surface area is 135 Å². The number of rotatable bonds is 6. The van der Waals surface area contributed by atoms with E-state index in [1.807, 2.05) is 30.3 Å². The molecule has 1 N–H and O–H groups in total. The topological polar surface area (TPSA) is 94.3 Å². The monoisotopic (exact) mass is 337 g/mol. The fraction of sp³-hybridized carbons (Fsp3) is 0.467. The normalized spacial score (nSPS) is 18.9. The molecule has 1 unspecified atom stereocenters. The highest BCUT2D eigenvalue weighted by atomic mass is 32.2. The van der Waals surface area contributed by atoms with Gasteiger partial charge in [0.25, 0.3) is 5.89 Å². The molecule has 0 aliphatic carbocycles. The lowest BCUT2D eigenvalue weighted by molar-refractivity contribution is 0.0304. The van der Waals surface area contributed by atoms with Crippen LogP contribution in [0.25, 0.3) is 11.5 Å². The van der Waals surface area contributed by atoms with Gasteiger partial charge in [0.1, 0.15) is 0 Å². The highest BCUT2D eigenvalue weighted by Crippen LogP contribution is 2.16. The van der Waals surface area contributed by atoms with Crippen LogP contribution in [0.2, 0.25) is 0 Å². The van der Waals surface area contributed by atoms with Crippen molar-refractivity contribution < 1.29 is 17.7 Å². The minimum absolute atomic E-state index is 0.00534. The van der Waals surface area contributed by atoms with Crippen LogP contribution in [0.5, 0.6) is 0 Å². The van der Waals surface area contributed by atoms with E-state index in [-0.39, 0.29) is 18.4 Å². The van der Waals surface area contributed by atoms with E-state index in [0.29, 0.717) is 18.3 Å². The average molecular weight is 337 g/mol. The van der Waals surface area contributed by atoms with E-state index in [0.717, 1.165) is 24.8 Å². The summed E-state index contributed by atoms with van der Waals surface area (Å²) < 4.78 is 37.2. The number of sulfonamides is 1. The van der Waals surface area contributed by atoms with Gasteiger partial charge in [-0.3, -0.25) is 0 Å². The molecule has 2 heterocycles. The van der Waals surface area contributed by atoms with Gasteiger partial charge in [0, 0.05) is 12.2 Å². The number of ether oxygens (including phenoxy) is 1. The minimum atomic E-state index is -3.43. The van der Waals surface area contributed by atoms with Crippen LogP contribution in [0, 0.1) is 0 Å². The molecule has 0 saturated carbocycles. The summed E-state index contributed by atoms with van der Waals surface area (Å²) >= 11 is 0. The third-order valence-electron chi connectivity index (χ3n) is 3.62. The predicted octanol–water partition coefficient (Wildman–Crippen LogP) is 1.73. The van der Waals surface area contributed by atoms with Gasteiger partial charge in [-0.2, -0.15) is 4.98 Å². The quantitative estimate of drug-likeness (QED) is 0.862. The number of aromatic nitrogens is 2. The molecule has 1 aliphatic rings. The van der Waals surface area contributed by atoms with Gasteiger partial charge in [0.05, 0.1) is 18.4 Å². The maximum Gasteiger partial charge on any atom is 0.257 e. The maximum atomic E-state index is 12.1. The molecule has 1 atom stereocenters. The molecule has 1 aliphatic heterocycles. The lowest BCUT2D eigenvalue weighted by Crippen LogP contribution is -2.35. The summed E-state index contributed by atoms with van der Waals surface area (Å²) in [5.74, 6) is 0.642. The highest BCUT2D eigenvalue weighted by Gasteiger charge is 2.22. The van der Waals surface area contributed by atoms with Crippen molar-refractivity contribution in [3.05, 3.63) is 36.2 Å². The molecule has 0 bridgehead atoms. The molecule has 3 rings (SSSR count). The third-order valence-corrected chi connectivity index (χ3v) is 5.01. The SMILES string of the molecule is O=S(=O)(CC1CCCCO1)NCc1noc(-c2ccccc2)n1. The molecule has 2 aromatic rings. The summed E-state index contributed by atoms with van der Waals surface area (Å²) in [6.07, 6.45) is 2.55. The molecule has 0 amide bonds. The van der Waals surface area contributed by atoms with Crippen LogP contribution in [-0.4, -0.2) is 37.0 Å². The fourth-order valence-corrected chi connectivity index (χ4v) is 3.66. The third kappa shape index (κ3) is 4.60. The Morgan fingerprint density at radius 1 is 1.22 bits per heavy atom. The lowest BCUT2D eigenvalue weighted by atomic mass is 10.1. The van der Waals surface area contributed by atoms with Crippen molar-refractivity contribution in [3.63, 3.8) is 0 Å². The van der Waals surface area contributed by atoms with Crippen molar-refractivity contribution >= 4 is 10.0 Å². The Kier molecular flexibility index (Phi) is 5.04. The number of hydrogen-bond acceptors (Lipinski definition) is 6. The van der Waals surface area contributed by atoms with Crippen LogP contribution in [0.4, 0.5) is 0 Å². The van der Waals surface area contributed by atoms with Gasteiger partial charge >= 0.3 is 0 Å². The van der Waals surface area contributed by atoms with Crippen LogP contribution in [0.15, 0.2) is 34.9 Å². The van der Waals surface area contributed by atoms with Crippen LogP contribution in [0.3, 0.4) is 0 Å². The smallest absolute Gasteiger partial charge is 0.257 e. The summed E-state index contributed by atoms with van der Waals surface area (Å²) in [6, 6.07) is 9.32. The molecule has 1 aromatic carbocycles. The zero-order valence-corrected chi connectivity index (χ0v) is 13.5. The zero-order valence-electron chi connectivity index (χ0n) is 12.6. The Morgan fingerprint density at radius 3 is 2.78 bits per heavy atom. The van der Waals surface area contributed by atoms with Gasteiger partial charge in [-0.25, -0.2) is 13.1 Å². The van der Waals surface area contributed by atoms with E-state index in [1.54, 1.807) is 0 Å². The molecule has 8 heteroatoms. The predicted molar refractivity (Wildman–Crippen MR) is 84.0 cm³/mol. The van der Waals surface area contributed by atoms with Crippen molar-refractivity contribution in [1.29, 1.82) is 0 Å². The largest absolute Gasteiger partial charge is 0.377 e.